The first-order chi connectivity index (χ1) is 10.1. The fraction of sp³-hybridized carbons (Fsp3) is 0.158. The molecule has 3 aromatic carbocycles. The molecule has 0 atom stereocenters. The average molecular weight is 278 g/mol. The molecule has 2 nitrogen and oxygen atoms in total. The van der Waals surface area contributed by atoms with Gasteiger partial charge in [-0.3, -0.25) is 0 Å². The van der Waals surface area contributed by atoms with Gasteiger partial charge in [-0.05, 0) is 41.8 Å². The number of fused-ring (bicyclic) bond motifs is 1. The Hall–Kier alpha value is -2.48. The summed E-state index contributed by atoms with van der Waals surface area (Å²) in [5.74, 6) is 1.12. The third kappa shape index (κ3) is 2.13. The highest BCUT2D eigenvalue weighted by atomic mass is 16.5. The van der Waals surface area contributed by atoms with Gasteiger partial charge >= 0.3 is 0 Å². The molecule has 0 spiro atoms. The van der Waals surface area contributed by atoms with Crippen LogP contribution in [0.15, 0.2) is 48.5 Å². The molecule has 2 heteroatoms. The molecule has 0 radical (unpaired) electrons. The van der Waals surface area contributed by atoms with E-state index in [4.69, 9.17) is 4.74 Å². The summed E-state index contributed by atoms with van der Waals surface area (Å²) in [4.78, 5) is 0. The van der Waals surface area contributed by atoms with E-state index in [0.717, 1.165) is 38.8 Å². The van der Waals surface area contributed by atoms with Gasteiger partial charge in [0.05, 0.1) is 7.11 Å². The highest BCUT2D eigenvalue weighted by molar-refractivity contribution is 5.99. The highest BCUT2D eigenvalue weighted by Crippen LogP contribution is 2.42. The van der Waals surface area contributed by atoms with Crippen molar-refractivity contribution in [3.8, 4) is 22.6 Å². The number of hydrogen-bond donors (Lipinski definition) is 1. The van der Waals surface area contributed by atoms with Gasteiger partial charge in [-0.25, -0.2) is 0 Å². The maximum Gasteiger partial charge on any atom is 0.126 e. The second kappa shape index (κ2) is 5.13. The molecule has 3 rings (SSSR count). The lowest BCUT2D eigenvalue weighted by Gasteiger charge is -2.16. The molecular weight excluding hydrogens is 260 g/mol. The SMILES string of the molecule is COc1cc(C)c(O)c(-c2cccc3ccccc23)c1C. The summed E-state index contributed by atoms with van der Waals surface area (Å²) >= 11 is 0. The number of phenolic OH excluding ortho intramolecular Hbond substituents is 1. The van der Waals surface area contributed by atoms with Crippen molar-refractivity contribution in [3.63, 3.8) is 0 Å². The van der Waals surface area contributed by atoms with Crippen LogP contribution in [0.3, 0.4) is 0 Å². The van der Waals surface area contributed by atoms with Crippen LogP contribution in [0, 0.1) is 13.8 Å². The fourth-order valence-corrected chi connectivity index (χ4v) is 2.86. The topological polar surface area (TPSA) is 29.5 Å². The smallest absolute Gasteiger partial charge is 0.126 e. The molecule has 0 saturated heterocycles. The number of aromatic hydroxyl groups is 1. The van der Waals surface area contributed by atoms with Gasteiger partial charge in [0.1, 0.15) is 11.5 Å². The lowest BCUT2D eigenvalue weighted by atomic mass is 9.92. The minimum atomic E-state index is 0.324. The van der Waals surface area contributed by atoms with Crippen molar-refractivity contribution in [2.75, 3.05) is 7.11 Å². The lowest BCUT2D eigenvalue weighted by molar-refractivity contribution is 0.408. The van der Waals surface area contributed by atoms with Crippen molar-refractivity contribution in [1.82, 2.24) is 0 Å². The van der Waals surface area contributed by atoms with Crippen LogP contribution in [0.25, 0.3) is 21.9 Å². The molecule has 0 unspecified atom stereocenters. The number of benzene rings is 3. The lowest BCUT2D eigenvalue weighted by Crippen LogP contribution is -1.94. The van der Waals surface area contributed by atoms with E-state index in [-0.39, 0.29) is 0 Å². The van der Waals surface area contributed by atoms with Crippen LogP contribution >= 0.6 is 0 Å². The Kier molecular flexibility index (Phi) is 3.30. The van der Waals surface area contributed by atoms with Gasteiger partial charge in [0.15, 0.2) is 0 Å². The Morgan fingerprint density at radius 3 is 2.43 bits per heavy atom. The van der Waals surface area contributed by atoms with Crippen LogP contribution in [0.1, 0.15) is 11.1 Å². The largest absolute Gasteiger partial charge is 0.507 e. The van der Waals surface area contributed by atoms with Crippen molar-refractivity contribution in [3.05, 3.63) is 59.7 Å². The molecule has 0 aliphatic heterocycles. The molecule has 0 aromatic heterocycles. The summed E-state index contributed by atoms with van der Waals surface area (Å²) in [7, 11) is 1.66. The van der Waals surface area contributed by atoms with Gasteiger partial charge in [0.2, 0.25) is 0 Å². The van der Waals surface area contributed by atoms with Crippen LogP contribution in [-0.4, -0.2) is 12.2 Å². The third-order valence-electron chi connectivity index (χ3n) is 3.98. The maximum atomic E-state index is 10.6. The summed E-state index contributed by atoms with van der Waals surface area (Å²) < 4.78 is 5.44. The minimum absolute atomic E-state index is 0.324. The summed E-state index contributed by atoms with van der Waals surface area (Å²) in [6, 6.07) is 16.2. The van der Waals surface area contributed by atoms with Crippen molar-refractivity contribution >= 4 is 10.8 Å². The van der Waals surface area contributed by atoms with Crippen LogP contribution in [0.2, 0.25) is 0 Å². The maximum absolute atomic E-state index is 10.6. The fourth-order valence-electron chi connectivity index (χ4n) is 2.86. The highest BCUT2D eigenvalue weighted by Gasteiger charge is 2.16. The molecule has 0 saturated carbocycles. The first kappa shape index (κ1) is 13.5. The van der Waals surface area contributed by atoms with E-state index >= 15 is 0 Å². The molecule has 1 N–H and O–H groups in total. The monoisotopic (exact) mass is 278 g/mol. The zero-order valence-electron chi connectivity index (χ0n) is 12.5. The van der Waals surface area contributed by atoms with Gasteiger partial charge in [-0.2, -0.15) is 0 Å². The molecule has 0 amide bonds. The number of hydrogen-bond acceptors (Lipinski definition) is 2. The van der Waals surface area contributed by atoms with E-state index in [0.29, 0.717) is 5.75 Å². The number of phenols is 1. The van der Waals surface area contributed by atoms with E-state index < -0.39 is 0 Å². The van der Waals surface area contributed by atoms with E-state index in [1.54, 1.807) is 7.11 Å². The van der Waals surface area contributed by atoms with Crippen LogP contribution in [0.4, 0.5) is 0 Å². The molecule has 0 aliphatic rings. The number of rotatable bonds is 2. The Morgan fingerprint density at radius 2 is 1.67 bits per heavy atom. The molecule has 106 valence electrons. The van der Waals surface area contributed by atoms with E-state index in [1.807, 2.05) is 44.2 Å². The first-order valence-electron chi connectivity index (χ1n) is 6.98. The first-order valence-corrected chi connectivity index (χ1v) is 6.98. The number of aryl methyl sites for hydroxylation is 1. The van der Waals surface area contributed by atoms with Crippen molar-refractivity contribution in [1.29, 1.82) is 0 Å². The third-order valence-corrected chi connectivity index (χ3v) is 3.98. The van der Waals surface area contributed by atoms with Crippen molar-refractivity contribution in [2.24, 2.45) is 0 Å². The standard InChI is InChI=1S/C19H18O2/c1-12-11-17(21-3)13(2)18(19(12)20)16-10-6-8-14-7-4-5-9-15(14)16/h4-11,20H,1-3H3. The Morgan fingerprint density at radius 1 is 0.952 bits per heavy atom. The second-order valence-electron chi connectivity index (χ2n) is 5.27. The van der Waals surface area contributed by atoms with Crippen LogP contribution in [0.5, 0.6) is 11.5 Å². The summed E-state index contributed by atoms with van der Waals surface area (Å²) in [6.07, 6.45) is 0. The summed E-state index contributed by atoms with van der Waals surface area (Å²) in [5, 5.41) is 12.8. The molecule has 0 bridgehead atoms. The Labute approximate surface area is 124 Å². The molecule has 3 aromatic rings. The summed E-state index contributed by atoms with van der Waals surface area (Å²) in [6.45, 7) is 3.88. The normalized spacial score (nSPS) is 10.8. The van der Waals surface area contributed by atoms with Gasteiger partial charge in [0.25, 0.3) is 0 Å². The van der Waals surface area contributed by atoms with Gasteiger partial charge < -0.3 is 9.84 Å². The predicted molar refractivity (Wildman–Crippen MR) is 87.1 cm³/mol. The van der Waals surface area contributed by atoms with Crippen LogP contribution in [-0.2, 0) is 0 Å². The molecule has 0 heterocycles. The van der Waals surface area contributed by atoms with Gasteiger partial charge in [0, 0.05) is 11.1 Å². The molecule has 21 heavy (non-hydrogen) atoms. The van der Waals surface area contributed by atoms with E-state index in [1.165, 1.54) is 0 Å². The Balaban J connectivity index is 2.41. The second-order valence-corrected chi connectivity index (χ2v) is 5.27. The number of methoxy groups -OCH3 is 1. The van der Waals surface area contributed by atoms with Crippen molar-refractivity contribution < 1.29 is 9.84 Å². The summed E-state index contributed by atoms with van der Waals surface area (Å²) in [5.41, 5.74) is 3.66. The van der Waals surface area contributed by atoms with E-state index in [2.05, 4.69) is 18.2 Å². The molecular formula is C19H18O2. The average Bonchev–Trinajstić information content (AvgIpc) is 2.51. The van der Waals surface area contributed by atoms with E-state index in [9.17, 15) is 5.11 Å². The Bertz CT molecular complexity index is 814. The zero-order valence-corrected chi connectivity index (χ0v) is 12.5. The van der Waals surface area contributed by atoms with Crippen LogP contribution < -0.4 is 4.74 Å². The molecule has 0 aliphatic carbocycles. The van der Waals surface area contributed by atoms with Crippen molar-refractivity contribution in [2.45, 2.75) is 13.8 Å². The minimum Gasteiger partial charge on any atom is -0.507 e. The van der Waals surface area contributed by atoms with Gasteiger partial charge in [-0.1, -0.05) is 42.5 Å². The number of ether oxygens (including phenoxy) is 1. The molecule has 0 fully saturated rings. The van der Waals surface area contributed by atoms with Gasteiger partial charge in [-0.15, -0.1) is 0 Å². The quantitative estimate of drug-likeness (QED) is 0.727. The zero-order chi connectivity index (χ0) is 15.0. The predicted octanol–water partition coefficient (Wildman–Crippen LogP) is 4.84.